The molecule has 0 amide bonds. The second-order valence-electron chi connectivity index (χ2n) is 1.52. The molecular formula is C5H10S. The van der Waals surface area contributed by atoms with Gasteiger partial charge in [0, 0.05) is 0 Å². The van der Waals surface area contributed by atoms with E-state index in [4.69, 9.17) is 0 Å². The molecule has 0 saturated carbocycles. The summed E-state index contributed by atoms with van der Waals surface area (Å²) in [5, 5.41) is 1.81. The van der Waals surface area contributed by atoms with Crippen molar-refractivity contribution in [1.82, 2.24) is 0 Å². The number of hydrogen-bond donors (Lipinski definition) is 0. The molecule has 1 atom stereocenters. The van der Waals surface area contributed by atoms with Crippen molar-refractivity contribution in [2.75, 3.05) is 0 Å². The van der Waals surface area contributed by atoms with E-state index in [9.17, 15) is 0 Å². The van der Waals surface area contributed by atoms with E-state index in [1.807, 2.05) is 0 Å². The second kappa shape index (κ2) is 3.29. The molecule has 0 unspecified atom stereocenters. The molecule has 0 spiro atoms. The smallest absolute Gasteiger partial charge is 0.0160 e. The van der Waals surface area contributed by atoms with Gasteiger partial charge in [0.25, 0.3) is 0 Å². The van der Waals surface area contributed by atoms with Crippen molar-refractivity contribution in [3.63, 3.8) is 0 Å². The van der Waals surface area contributed by atoms with Crippen LogP contribution in [0.2, 0.25) is 0 Å². The molecule has 0 rings (SSSR count). The molecule has 36 valence electrons. The molecule has 0 heterocycles. The van der Waals surface area contributed by atoms with E-state index in [1.165, 1.54) is 6.42 Å². The first kappa shape index (κ1) is 6.09. The van der Waals surface area contributed by atoms with Crippen LogP contribution in [-0.4, -0.2) is 5.37 Å². The lowest BCUT2D eigenvalue weighted by atomic mass is 10.2. The fourth-order valence-electron chi connectivity index (χ4n) is 0.0962. The highest BCUT2D eigenvalue weighted by molar-refractivity contribution is 7.79. The maximum absolute atomic E-state index is 4.65. The third-order valence-electron chi connectivity index (χ3n) is 0.876. The predicted octanol–water partition coefficient (Wildman–Crippen LogP) is 2.03. The highest BCUT2D eigenvalue weighted by atomic mass is 32.1. The van der Waals surface area contributed by atoms with E-state index < -0.39 is 0 Å². The van der Waals surface area contributed by atoms with Crippen LogP contribution in [0, 0.1) is 5.92 Å². The van der Waals surface area contributed by atoms with Gasteiger partial charge in [-0.05, 0) is 17.7 Å². The molecule has 0 aliphatic heterocycles. The molecule has 0 aromatic rings. The molecule has 0 aromatic heterocycles. The van der Waals surface area contributed by atoms with E-state index in [-0.39, 0.29) is 0 Å². The Bertz CT molecular complexity index is 41.2. The van der Waals surface area contributed by atoms with Gasteiger partial charge in [0.2, 0.25) is 0 Å². The molecule has 0 aromatic carbocycles. The molecule has 0 aliphatic rings. The van der Waals surface area contributed by atoms with Crippen LogP contribution >= 0.6 is 12.2 Å². The fraction of sp³-hybridized carbons (Fsp3) is 0.800. The third kappa shape index (κ3) is 2.33. The van der Waals surface area contributed by atoms with Gasteiger partial charge < -0.3 is 0 Å². The van der Waals surface area contributed by atoms with Crippen molar-refractivity contribution in [2.45, 2.75) is 20.3 Å². The summed E-state index contributed by atoms with van der Waals surface area (Å²) in [5.74, 6) is 0.625. The zero-order valence-electron chi connectivity index (χ0n) is 4.27. The highest BCUT2D eigenvalue weighted by Gasteiger charge is 1.85. The van der Waals surface area contributed by atoms with E-state index >= 15 is 0 Å². The van der Waals surface area contributed by atoms with Crippen molar-refractivity contribution < 1.29 is 0 Å². The summed E-state index contributed by atoms with van der Waals surface area (Å²) in [4.78, 5) is 0. The van der Waals surface area contributed by atoms with E-state index in [1.54, 1.807) is 5.37 Å². The zero-order valence-corrected chi connectivity index (χ0v) is 5.09. The second-order valence-corrected chi connectivity index (χ2v) is 1.79. The molecule has 0 fully saturated rings. The average molecular weight is 102 g/mol. The van der Waals surface area contributed by atoms with Crippen molar-refractivity contribution >= 4 is 17.6 Å². The van der Waals surface area contributed by atoms with Gasteiger partial charge in [-0.15, -0.1) is 0 Å². The summed E-state index contributed by atoms with van der Waals surface area (Å²) in [5.41, 5.74) is 0. The van der Waals surface area contributed by atoms with Gasteiger partial charge in [0.15, 0.2) is 0 Å². The Morgan fingerprint density at radius 1 is 1.83 bits per heavy atom. The molecule has 0 bridgehead atoms. The minimum Gasteiger partial charge on any atom is -0.0932 e. The quantitative estimate of drug-likeness (QED) is 0.481. The standard InChI is InChI=1S/C5H10S/c1-3-5(2)4-6/h4-5H,3H2,1-2H3/t5-/m1/s1. The molecule has 0 radical (unpaired) electrons. The van der Waals surface area contributed by atoms with Crippen molar-refractivity contribution in [2.24, 2.45) is 5.92 Å². The highest BCUT2D eigenvalue weighted by Crippen LogP contribution is 1.93. The number of rotatable bonds is 2. The largest absolute Gasteiger partial charge is 0.0932 e. The maximum atomic E-state index is 4.65. The molecule has 0 saturated heterocycles. The van der Waals surface area contributed by atoms with Crippen LogP contribution in [0.25, 0.3) is 0 Å². The van der Waals surface area contributed by atoms with Gasteiger partial charge in [0.1, 0.15) is 0 Å². The van der Waals surface area contributed by atoms with Crippen LogP contribution in [0.1, 0.15) is 20.3 Å². The van der Waals surface area contributed by atoms with E-state index in [0.29, 0.717) is 5.92 Å². The first-order chi connectivity index (χ1) is 2.81. The minimum absolute atomic E-state index is 0.625. The molecule has 6 heavy (non-hydrogen) atoms. The Labute approximate surface area is 44.6 Å². The van der Waals surface area contributed by atoms with Gasteiger partial charge in [-0.1, -0.05) is 26.1 Å². The van der Waals surface area contributed by atoms with Gasteiger partial charge in [-0.25, -0.2) is 0 Å². The molecule has 1 heteroatoms. The summed E-state index contributed by atoms with van der Waals surface area (Å²) in [6, 6.07) is 0. The summed E-state index contributed by atoms with van der Waals surface area (Å²) in [6.07, 6.45) is 1.17. The SMILES string of the molecule is CC[C@@H](C)C=S. The lowest BCUT2D eigenvalue weighted by Crippen LogP contribution is -1.87. The van der Waals surface area contributed by atoms with E-state index in [2.05, 4.69) is 26.1 Å². The Morgan fingerprint density at radius 2 is 2.33 bits per heavy atom. The Hall–Kier alpha value is 0.0900. The summed E-state index contributed by atoms with van der Waals surface area (Å²) in [6.45, 7) is 4.25. The van der Waals surface area contributed by atoms with Crippen LogP contribution in [0.3, 0.4) is 0 Å². The van der Waals surface area contributed by atoms with Crippen molar-refractivity contribution in [3.8, 4) is 0 Å². The van der Waals surface area contributed by atoms with Crippen LogP contribution in [-0.2, 0) is 0 Å². The van der Waals surface area contributed by atoms with E-state index in [0.717, 1.165) is 0 Å². The van der Waals surface area contributed by atoms with Crippen molar-refractivity contribution in [3.05, 3.63) is 0 Å². The topological polar surface area (TPSA) is 0 Å². The normalized spacial score (nSPS) is 13.7. The van der Waals surface area contributed by atoms with Gasteiger partial charge in [-0.3, -0.25) is 0 Å². The Balaban J connectivity index is 2.96. The Morgan fingerprint density at radius 3 is 2.33 bits per heavy atom. The number of hydrogen-bond acceptors (Lipinski definition) is 1. The lowest BCUT2D eigenvalue weighted by Gasteiger charge is -1.92. The molecule has 0 aliphatic carbocycles. The third-order valence-corrected chi connectivity index (χ3v) is 1.34. The van der Waals surface area contributed by atoms with Crippen molar-refractivity contribution in [1.29, 1.82) is 0 Å². The van der Waals surface area contributed by atoms with Crippen LogP contribution in [0.4, 0.5) is 0 Å². The minimum atomic E-state index is 0.625. The van der Waals surface area contributed by atoms with Crippen LogP contribution < -0.4 is 0 Å². The van der Waals surface area contributed by atoms with Crippen LogP contribution in [0.5, 0.6) is 0 Å². The molecule has 0 nitrogen and oxygen atoms in total. The fourth-order valence-corrected chi connectivity index (χ4v) is 0.289. The summed E-state index contributed by atoms with van der Waals surface area (Å²) < 4.78 is 0. The van der Waals surface area contributed by atoms with Gasteiger partial charge in [-0.2, -0.15) is 0 Å². The lowest BCUT2D eigenvalue weighted by molar-refractivity contribution is 0.763. The molecule has 0 N–H and O–H groups in total. The average Bonchev–Trinajstić information content (AvgIpc) is 1.65. The molecular weight excluding hydrogens is 92.1 g/mol. The van der Waals surface area contributed by atoms with Crippen LogP contribution in [0.15, 0.2) is 0 Å². The maximum Gasteiger partial charge on any atom is -0.0160 e. The number of thiocarbonyl (C=S) groups is 1. The zero-order chi connectivity index (χ0) is 4.99. The summed E-state index contributed by atoms with van der Waals surface area (Å²) >= 11 is 4.65. The first-order valence-corrected chi connectivity index (χ1v) is 2.73. The predicted molar refractivity (Wildman–Crippen MR) is 33.1 cm³/mol. The van der Waals surface area contributed by atoms with Gasteiger partial charge >= 0.3 is 0 Å². The monoisotopic (exact) mass is 102 g/mol. The first-order valence-electron chi connectivity index (χ1n) is 2.26. The Kier molecular flexibility index (Phi) is 3.34. The summed E-state index contributed by atoms with van der Waals surface area (Å²) in [7, 11) is 0. The van der Waals surface area contributed by atoms with Gasteiger partial charge in [0.05, 0.1) is 0 Å².